The molecule has 5 rings (SSSR count). The monoisotopic (exact) mass is 577 g/mol. The average molecular weight is 578 g/mol. The molecular weight excluding hydrogens is 551 g/mol. The number of aromatic nitrogens is 4. The van der Waals surface area contributed by atoms with Crippen molar-refractivity contribution in [3.8, 4) is 17.7 Å². The van der Waals surface area contributed by atoms with Gasteiger partial charge in [-0.1, -0.05) is 18.9 Å². The summed E-state index contributed by atoms with van der Waals surface area (Å²) < 4.78 is 48.0. The number of hydrogen-bond donors (Lipinski definition) is 1. The van der Waals surface area contributed by atoms with Crippen molar-refractivity contribution < 1.29 is 27.5 Å². The first kappa shape index (κ1) is 28.7. The summed E-state index contributed by atoms with van der Waals surface area (Å²) in [4.78, 5) is 35.8. The van der Waals surface area contributed by atoms with E-state index in [0.717, 1.165) is 25.7 Å². The Balaban J connectivity index is 1.29. The van der Waals surface area contributed by atoms with E-state index in [9.17, 15) is 22.8 Å². The number of alkyl halides is 3. The van der Waals surface area contributed by atoms with Gasteiger partial charge in [0.2, 0.25) is 5.88 Å². The molecule has 4 heterocycles. The zero-order valence-corrected chi connectivity index (χ0v) is 22.6. The van der Waals surface area contributed by atoms with Crippen LogP contribution in [0, 0.1) is 11.8 Å². The quantitative estimate of drug-likeness (QED) is 0.263. The summed E-state index contributed by atoms with van der Waals surface area (Å²) in [5, 5.41) is 6.84. The maximum absolute atomic E-state index is 14.0. The van der Waals surface area contributed by atoms with E-state index in [1.807, 2.05) is 4.90 Å². The van der Waals surface area contributed by atoms with Crippen LogP contribution >= 0.6 is 0 Å². The first-order chi connectivity index (χ1) is 20.2. The summed E-state index contributed by atoms with van der Waals surface area (Å²) in [5.74, 6) is 5.30. The molecule has 0 saturated carbocycles. The van der Waals surface area contributed by atoms with Crippen molar-refractivity contribution in [1.82, 2.24) is 29.4 Å². The van der Waals surface area contributed by atoms with Crippen molar-refractivity contribution in [1.29, 1.82) is 0 Å². The summed E-state index contributed by atoms with van der Waals surface area (Å²) in [6.45, 7) is 6.39. The lowest BCUT2D eigenvalue weighted by Gasteiger charge is -2.34. The molecule has 0 bridgehead atoms. The standard InChI is InChI=1S/C29H26F3N7O3/c1-2-37-11-13-38(14-12-37)17-22-5-4-21(16-24(22)29(30,31)32)28(41)34-25-15-20(9-10-33-25)3-6-23-7-8-26-35-27(42-19-40)18-39(26)36-23/h4-5,7-10,15-16,18-19H,2,11-14,17H2,1H3,(H,33,34,41). The maximum Gasteiger partial charge on any atom is 0.416 e. The molecule has 0 radical (unpaired) electrons. The third-order valence-corrected chi connectivity index (χ3v) is 6.79. The largest absolute Gasteiger partial charge is 0.416 e. The van der Waals surface area contributed by atoms with Crippen LogP contribution in [0.3, 0.4) is 0 Å². The molecule has 42 heavy (non-hydrogen) atoms. The van der Waals surface area contributed by atoms with Gasteiger partial charge in [-0.05, 0) is 54.4 Å². The number of benzene rings is 1. The summed E-state index contributed by atoms with van der Waals surface area (Å²) in [6.07, 6.45) is -1.75. The van der Waals surface area contributed by atoms with Crippen LogP contribution in [0.5, 0.6) is 5.88 Å². The number of nitrogens with one attached hydrogen (secondary N) is 1. The third-order valence-electron chi connectivity index (χ3n) is 6.79. The smallest absolute Gasteiger partial charge is 0.408 e. The van der Waals surface area contributed by atoms with Gasteiger partial charge >= 0.3 is 6.18 Å². The highest BCUT2D eigenvalue weighted by Crippen LogP contribution is 2.33. The first-order valence-electron chi connectivity index (χ1n) is 13.1. The van der Waals surface area contributed by atoms with Gasteiger partial charge in [-0.3, -0.25) is 14.5 Å². The summed E-state index contributed by atoms with van der Waals surface area (Å²) in [5.41, 5.74) is 0.528. The molecule has 0 unspecified atom stereocenters. The number of halogens is 3. The fourth-order valence-electron chi connectivity index (χ4n) is 4.56. The van der Waals surface area contributed by atoms with Gasteiger partial charge < -0.3 is 15.0 Å². The van der Waals surface area contributed by atoms with E-state index in [-0.39, 0.29) is 35.8 Å². The second kappa shape index (κ2) is 12.4. The Morgan fingerprint density at radius 3 is 2.60 bits per heavy atom. The molecule has 0 atom stereocenters. The highest BCUT2D eigenvalue weighted by Gasteiger charge is 2.34. The number of rotatable bonds is 7. The van der Waals surface area contributed by atoms with E-state index in [1.165, 1.54) is 35.1 Å². The van der Waals surface area contributed by atoms with E-state index >= 15 is 0 Å². The molecular formula is C29H26F3N7O3. The lowest BCUT2D eigenvalue weighted by Crippen LogP contribution is -2.45. The molecule has 0 spiro atoms. The predicted molar refractivity (Wildman–Crippen MR) is 147 cm³/mol. The van der Waals surface area contributed by atoms with E-state index in [2.05, 4.69) is 44.0 Å². The molecule has 0 aliphatic carbocycles. The third kappa shape index (κ3) is 6.91. The number of ether oxygens (including phenoxy) is 1. The van der Waals surface area contributed by atoms with Gasteiger partial charge in [0, 0.05) is 50.0 Å². The zero-order valence-electron chi connectivity index (χ0n) is 22.6. The van der Waals surface area contributed by atoms with E-state index in [4.69, 9.17) is 4.74 Å². The normalized spacial score (nSPS) is 14.3. The number of imidazole rings is 1. The number of carbonyl (C=O) groups is 2. The SMILES string of the molecule is CCN1CCN(Cc2ccc(C(=O)Nc3cc(C#Cc4ccc5nc(OC=O)cn5n4)ccn3)cc2C(F)(F)F)CC1. The van der Waals surface area contributed by atoms with Gasteiger partial charge in [0.05, 0.1) is 11.8 Å². The minimum absolute atomic E-state index is 0.0968. The van der Waals surface area contributed by atoms with E-state index in [1.54, 1.807) is 18.2 Å². The summed E-state index contributed by atoms with van der Waals surface area (Å²) in [6, 6.07) is 10.1. The zero-order chi connectivity index (χ0) is 29.7. The molecule has 3 aromatic heterocycles. The van der Waals surface area contributed by atoms with Gasteiger partial charge in [-0.15, -0.1) is 0 Å². The molecule has 13 heteroatoms. The lowest BCUT2D eigenvalue weighted by molar-refractivity contribution is -0.138. The van der Waals surface area contributed by atoms with Crippen LogP contribution in [0.4, 0.5) is 19.0 Å². The lowest BCUT2D eigenvalue weighted by atomic mass is 10.0. The number of pyridine rings is 1. The molecule has 1 aliphatic rings. The van der Waals surface area contributed by atoms with Gasteiger partial charge in [0.1, 0.15) is 11.5 Å². The molecule has 216 valence electrons. The Morgan fingerprint density at radius 2 is 1.86 bits per heavy atom. The number of fused-ring (bicyclic) bond motifs is 1. The Labute approximate surface area is 239 Å². The Bertz CT molecular complexity index is 1670. The summed E-state index contributed by atoms with van der Waals surface area (Å²) >= 11 is 0. The van der Waals surface area contributed by atoms with Crippen molar-refractivity contribution in [3.63, 3.8) is 0 Å². The molecule has 10 nitrogen and oxygen atoms in total. The van der Waals surface area contributed by atoms with Gasteiger partial charge in [-0.2, -0.15) is 23.3 Å². The Hall–Kier alpha value is -4.80. The van der Waals surface area contributed by atoms with Crippen molar-refractivity contribution in [2.75, 3.05) is 38.0 Å². The number of piperazine rings is 1. The van der Waals surface area contributed by atoms with Crippen LogP contribution in [0.15, 0.2) is 54.9 Å². The van der Waals surface area contributed by atoms with Gasteiger partial charge in [-0.25, -0.2) is 9.50 Å². The van der Waals surface area contributed by atoms with Crippen molar-refractivity contribution in [2.45, 2.75) is 19.6 Å². The minimum atomic E-state index is -4.61. The fraction of sp³-hybridized carbons (Fsp3) is 0.276. The van der Waals surface area contributed by atoms with Gasteiger partial charge in [0.15, 0.2) is 5.65 Å². The Morgan fingerprint density at radius 1 is 1.07 bits per heavy atom. The van der Waals surface area contributed by atoms with Crippen LogP contribution in [0.2, 0.25) is 0 Å². The topological polar surface area (TPSA) is 105 Å². The molecule has 1 aromatic carbocycles. The molecule has 1 fully saturated rings. The average Bonchev–Trinajstić information content (AvgIpc) is 3.38. The van der Waals surface area contributed by atoms with Gasteiger partial charge in [0.25, 0.3) is 12.4 Å². The number of hydrogen-bond acceptors (Lipinski definition) is 8. The Kier molecular flexibility index (Phi) is 8.46. The van der Waals surface area contributed by atoms with E-state index < -0.39 is 17.6 Å². The molecule has 1 saturated heterocycles. The second-order valence-electron chi connectivity index (χ2n) is 9.53. The molecule has 1 N–H and O–H groups in total. The van der Waals surface area contributed by atoms with Crippen LogP contribution in [-0.2, 0) is 17.5 Å². The van der Waals surface area contributed by atoms with Crippen LogP contribution < -0.4 is 10.1 Å². The molecule has 1 aliphatic heterocycles. The number of anilines is 1. The number of amides is 1. The van der Waals surface area contributed by atoms with Crippen LogP contribution in [-0.4, -0.2) is 74.5 Å². The number of carbonyl (C=O) groups excluding carboxylic acids is 2. The number of nitrogens with zero attached hydrogens (tertiary/aromatic N) is 6. The molecule has 1 amide bonds. The van der Waals surface area contributed by atoms with Crippen LogP contribution in [0.25, 0.3) is 5.65 Å². The number of likely N-dealkylation sites (N-methyl/N-ethyl adjacent to an activating group) is 1. The highest BCUT2D eigenvalue weighted by atomic mass is 19.4. The van der Waals surface area contributed by atoms with Crippen LogP contribution in [0.1, 0.15) is 39.7 Å². The predicted octanol–water partition coefficient (Wildman–Crippen LogP) is 3.47. The maximum atomic E-state index is 14.0. The van der Waals surface area contributed by atoms with Crippen molar-refractivity contribution in [2.24, 2.45) is 0 Å². The van der Waals surface area contributed by atoms with Crippen molar-refractivity contribution in [3.05, 3.63) is 82.8 Å². The molecule has 4 aromatic rings. The fourth-order valence-corrected chi connectivity index (χ4v) is 4.56. The highest BCUT2D eigenvalue weighted by molar-refractivity contribution is 6.04. The first-order valence-corrected chi connectivity index (χ1v) is 13.1. The minimum Gasteiger partial charge on any atom is -0.408 e. The van der Waals surface area contributed by atoms with Crippen molar-refractivity contribution >= 4 is 23.8 Å². The second-order valence-corrected chi connectivity index (χ2v) is 9.53. The summed E-state index contributed by atoms with van der Waals surface area (Å²) in [7, 11) is 0. The van der Waals surface area contributed by atoms with E-state index in [0.29, 0.717) is 30.0 Å².